The Bertz CT molecular complexity index is 450. The number of hydrogen-bond donors (Lipinski definition) is 0. The zero-order valence-corrected chi connectivity index (χ0v) is 16.8. The molecule has 152 valence electrons. The summed E-state index contributed by atoms with van der Waals surface area (Å²) in [6.07, 6.45) is 0.351. The molecule has 1 aliphatic heterocycles. The molecule has 0 saturated carbocycles. The summed E-state index contributed by atoms with van der Waals surface area (Å²) in [6.45, 7) is 6.86. The minimum Gasteiger partial charge on any atom is -0.384 e. The molecular formula is C17H33N3O6. The fourth-order valence-electron chi connectivity index (χ4n) is 3.07. The van der Waals surface area contributed by atoms with E-state index >= 15 is 0 Å². The molecule has 0 radical (unpaired) electrons. The number of carbonyl (C=O) groups excluding carboxylic acids is 2. The maximum Gasteiger partial charge on any atom is 0.325 e. The lowest BCUT2D eigenvalue weighted by molar-refractivity contribution is -0.151. The van der Waals surface area contributed by atoms with E-state index in [2.05, 4.69) is 0 Å². The summed E-state index contributed by atoms with van der Waals surface area (Å²) in [4.78, 5) is 30.4. The van der Waals surface area contributed by atoms with Crippen molar-refractivity contribution in [1.82, 2.24) is 14.7 Å². The molecule has 1 saturated heterocycles. The number of urea groups is 1. The van der Waals surface area contributed by atoms with Gasteiger partial charge in [0.15, 0.2) is 0 Å². The van der Waals surface area contributed by atoms with Gasteiger partial charge in [0.2, 0.25) is 5.91 Å². The summed E-state index contributed by atoms with van der Waals surface area (Å²) in [5.41, 5.74) is 0. The molecule has 0 aromatic rings. The Morgan fingerprint density at radius 1 is 1.15 bits per heavy atom. The number of hydrogen-bond acceptors (Lipinski definition) is 6. The lowest BCUT2D eigenvalue weighted by Gasteiger charge is -2.36. The molecule has 26 heavy (non-hydrogen) atoms. The van der Waals surface area contributed by atoms with Crippen LogP contribution in [0.4, 0.5) is 4.79 Å². The van der Waals surface area contributed by atoms with E-state index in [0.717, 1.165) is 6.42 Å². The van der Waals surface area contributed by atoms with Crippen LogP contribution in [-0.2, 0) is 23.7 Å². The molecular weight excluding hydrogens is 342 g/mol. The normalized spacial score (nSPS) is 21.4. The first-order chi connectivity index (χ1) is 12.4. The second kappa shape index (κ2) is 11.3. The Balaban J connectivity index is 3.07. The van der Waals surface area contributed by atoms with E-state index in [9.17, 15) is 9.59 Å². The van der Waals surface area contributed by atoms with Gasteiger partial charge in [-0.3, -0.25) is 19.5 Å². The standard InChI is InChI=1S/C17H33N3O6/c1-7-8-26-12-18-14(3)15(20(11-25-6)17(18)22)19(10-24-5)16(21)13(2)9-23-4/h13-15H,7-12H2,1-6H3. The zero-order valence-electron chi connectivity index (χ0n) is 16.8. The predicted molar refractivity (Wildman–Crippen MR) is 95.1 cm³/mol. The molecule has 0 spiro atoms. The van der Waals surface area contributed by atoms with Gasteiger partial charge in [-0.05, 0) is 13.3 Å². The SMILES string of the molecule is CCCOCN1C(=O)N(COC)C(N(COC)C(=O)C(C)COC)C1C. The summed E-state index contributed by atoms with van der Waals surface area (Å²) >= 11 is 0. The third-order valence-electron chi connectivity index (χ3n) is 4.29. The van der Waals surface area contributed by atoms with Crippen LogP contribution < -0.4 is 0 Å². The van der Waals surface area contributed by atoms with Crippen molar-refractivity contribution in [3.8, 4) is 0 Å². The van der Waals surface area contributed by atoms with Gasteiger partial charge in [0.05, 0.1) is 18.6 Å². The highest BCUT2D eigenvalue weighted by Crippen LogP contribution is 2.27. The predicted octanol–water partition coefficient (Wildman–Crippen LogP) is 1.14. The van der Waals surface area contributed by atoms with E-state index < -0.39 is 6.17 Å². The first-order valence-electron chi connectivity index (χ1n) is 8.86. The molecule has 1 aliphatic rings. The molecule has 0 aliphatic carbocycles. The first-order valence-corrected chi connectivity index (χ1v) is 8.86. The fourth-order valence-corrected chi connectivity index (χ4v) is 3.07. The lowest BCUT2D eigenvalue weighted by Crippen LogP contribution is -2.55. The maximum atomic E-state index is 12.9. The van der Waals surface area contributed by atoms with Crippen LogP contribution in [0.2, 0.25) is 0 Å². The molecule has 3 unspecified atom stereocenters. The molecule has 0 aromatic heterocycles. The highest BCUT2D eigenvalue weighted by Gasteiger charge is 2.48. The molecule has 1 rings (SSSR count). The topological polar surface area (TPSA) is 80.8 Å². The Hall–Kier alpha value is -1.42. The number of rotatable bonds is 12. The van der Waals surface area contributed by atoms with Crippen LogP contribution >= 0.6 is 0 Å². The maximum absolute atomic E-state index is 12.9. The van der Waals surface area contributed by atoms with E-state index in [1.54, 1.807) is 23.8 Å². The van der Waals surface area contributed by atoms with Crippen molar-refractivity contribution < 1.29 is 28.5 Å². The van der Waals surface area contributed by atoms with Crippen LogP contribution in [0, 0.1) is 5.92 Å². The summed E-state index contributed by atoms with van der Waals surface area (Å²) in [5, 5.41) is 0. The van der Waals surface area contributed by atoms with Crippen LogP contribution in [0.15, 0.2) is 0 Å². The van der Waals surface area contributed by atoms with E-state index in [4.69, 9.17) is 18.9 Å². The van der Waals surface area contributed by atoms with Crippen LogP contribution in [0.5, 0.6) is 0 Å². The average Bonchev–Trinajstić information content (AvgIpc) is 2.84. The van der Waals surface area contributed by atoms with Crippen molar-refractivity contribution in [2.45, 2.75) is 39.4 Å². The van der Waals surface area contributed by atoms with Gasteiger partial charge in [0.1, 0.15) is 26.4 Å². The van der Waals surface area contributed by atoms with Crippen molar-refractivity contribution in [2.24, 2.45) is 5.92 Å². The van der Waals surface area contributed by atoms with Crippen LogP contribution in [0.1, 0.15) is 27.2 Å². The second-order valence-corrected chi connectivity index (χ2v) is 6.41. The molecule has 0 aromatic carbocycles. The molecule has 9 nitrogen and oxygen atoms in total. The van der Waals surface area contributed by atoms with Crippen molar-refractivity contribution in [1.29, 1.82) is 0 Å². The highest BCUT2D eigenvalue weighted by atomic mass is 16.5. The minimum atomic E-state index is -0.514. The van der Waals surface area contributed by atoms with Crippen LogP contribution in [-0.4, -0.2) is 93.6 Å². The molecule has 1 fully saturated rings. The van der Waals surface area contributed by atoms with E-state index in [1.807, 2.05) is 13.8 Å². The third kappa shape index (κ3) is 5.29. The van der Waals surface area contributed by atoms with Gasteiger partial charge < -0.3 is 18.9 Å². The van der Waals surface area contributed by atoms with Crippen molar-refractivity contribution >= 4 is 11.9 Å². The Morgan fingerprint density at radius 2 is 1.85 bits per heavy atom. The molecule has 3 atom stereocenters. The quantitative estimate of drug-likeness (QED) is 0.376. The summed E-state index contributed by atoms with van der Waals surface area (Å²) < 4.78 is 21.1. The average molecular weight is 375 g/mol. The Labute approximate surface area is 156 Å². The van der Waals surface area contributed by atoms with E-state index in [0.29, 0.717) is 13.2 Å². The molecule has 0 bridgehead atoms. The number of nitrogens with zero attached hydrogens (tertiary/aromatic N) is 3. The van der Waals surface area contributed by atoms with Gasteiger partial charge in [-0.15, -0.1) is 0 Å². The molecule has 9 heteroatoms. The highest BCUT2D eigenvalue weighted by molar-refractivity contribution is 5.82. The van der Waals surface area contributed by atoms with Crippen molar-refractivity contribution in [2.75, 3.05) is 54.7 Å². The van der Waals surface area contributed by atoms with Crippen LogP contribution in [0.25, 0.3) is 0 Å². The second-order valence-electron chi connectivity index (χ2n) is 6.41. The Morgan fingerprint density at radius 3 is 2.38 bits per heavy atom. The third-order valence-corrected chi connectivity index (χ3v) is 4.29. The number of carbonyl (C=O) groups is 2. The van der Waals surface area contributed by atoms with Gasteiger partial charge >= 0.3 is 6.03 Å². The van der Waals surface area contributed by atoms with Crippen molar-refractivity contribution in [3.05, 3.63) is 0 Å². The van der Waals surface area contributed by atoms with Crippen molar-refractivity contribution in [3.63, 3.8) is 0 Å². The number of methoxy groups -OCH3 is 3. The summed E-state index contributed by atoms with van der Waals surface area (Å²) in [5.74, 6) is -0.497. The first kappa shape index (κ1) is 22.6. The van der Waals surface area contributed by atoms with Crippen LogP contribution in [0.3, 0.4) is 0 Å². The van der Waals surface area contributed by atoms with Gasteiger partial charge in [-0.2, -0.15) is 0 Å². The Kier molecular flexibility index (Phi) is 9.85. The van der Waals surface area contributed by atoms with E-state index in [-0.39, 0.29) is 44.1 Å². The van der Waals surface area contributed by atoms with Gasteiger partial charge in [-0.25, -0.2) is 4.79 Å². The zero-order chi connectivity index (χ0) is 19.7. The fraction of sp³-hybridized carbons (Fsp3) is 0.882. The summed E-state index contributed by atoms with van der Waals surface area (Å²) in [6, 6.07) is -0.503. The van der Waals surface area contributed by atoms with Gasteiger partial charge in [0, 0.05) is 27.9 Å². The smallest absolute Gasteiger partial charge is 0.325 e. The van der Waals surface area contributed by atoms with Gasteiger partial charge in [0.25, 0.3) is 0 Å². The molecule has 1 heterocycles. The van der Waals surface area contributed by atoms with E-state index in [1.165, 1.54) is 19.1 Å². The van der Waals surface area contributed by atoms with Gasteiger partial charge in [-0.1, -0.05) is 13.8 Å². The summed E-state index contributed by atoms with van der Waals surface area (Å²) in [7, 11) is 4.59. The number of ether oxygens (including phenoxy) is 4. The largest absolute Gasteiger partial charge is 0.384 e. The molecule has 0 N–H and O–H groups in total. The monoisotopic (exact) mass is 375 g/mol. The lowest BCUT2D eigenvalue weighted by atomic mass is 10.1. The number of amides is 3. The molecule has 3 amide bonds. The minimum absolute atomic E-state index is 0.0685.